The normalized spacial score (nSPS) is 17.8. The lowest BCUT2D eigenvalue weighted by molar-refractivity contribution is -0.174. The molecule has 0 unspecified atom stereocenters. The third-order valence-electron chi connectivity index (χ3n) is 6.52. The zero-order chi connectivity index (χ0) is 32.9. The van der Waals surface area contributed by atoms with E-state index in [1.807, 2.05) is 0 Å². The molecule has 4 amide bonds. The Balaban J connectivity index is 2.91. The summed E-state index contributed by atoms with van der Waals surface area (Å²) in [5, 5.41) is 0. The van der Waals surface area contributed by atoms with Crippen LogP contribution in [-0.4, -0.2) is 87.4 Å². The van der Waals surface area contributed by atoms with Gasteiger partial charge < -0.3 is 25.8 Å². The predicted octanol–water partition coefficient (Wildman–Crippen LogP) is 2.10. The van der Waals surface area contributed by atoms with Crippen LogP contribution in [0.15, 0.2) is 30.3 Å². The fourth-order valence-corrected chi connectivity index (χ4v) is 4.84. The first-order chi connectivity index (χ1) is 19.8. The Morgan fingerprint density at radius 1 is 0.977 bits per heavy atom. The Kier molecular flexibility index (Phi) is 11.2. The molecule has 1 aromatic carbocycles. The van der Waals surface area contributed by atoms with Crippen molar-refractivity contribution in [1.82, 2.24) is 9.80 Å². The van der Waals surface area contributed by atoms with E-state index in [9.17, 15) is 28.8 Å². The van der Waals surface area contributed by atoms with Crippen molar-refractivity contribution >= 4 is 41.3 Å². The van der Waals surface area contributed by atoms with Gasteiger partial charge in [-0.1, -0.05) is 18.2 Å². The van der Waals surface area contributed by atoms with E-state index in [0.29, 0.717) is 16.2 Å². The second-order valence-electron chi connectivity index (χ2n) is 12.3. The molecule has 3 atom stereocenters. The number of rotatable bonds is 12. The lowest BCUT2D eigenvalue weighted by atomic mass is 9.96. The number of para-hydroxylation sites is 1. The van der Waals surface area contributed by atoms with Gasteiger partial charge in [0.25, 0.3) is 11.6 Å². The highest BCUT2D eigenvalue weighted by atomic mass is 16.6. The molecule has 13 heteroatoms. The van der Waals surface area contributed by atoms with Gasteiger partial charge in [0, 0.05) is 12.2 Å². The molecule has 43 heavy (non-hydrogen) atoms. The summed E-state index contributed by atoms with van der Waals surface area (Å²) < 4.78 is 11.0. The number of nitrogens with two attached hydrogens (primary N) is 2. The summed E-state index contributed by atoms with van der Waals surface area (Å²) >= 11 is 0. The van der Waals surface area contributed by atoms with Crippen LogP contribution in [0, 0.1) is 0 Å². The number of esters is 2. The smallest absolute Gasteiger partial charge is 0.363 e. The van der Waals surface area contributed by atoms with Crippen LogP contribution in [0.4, 0.5) is 10.5 Å². The van der Waals surface area contributed by atoms with Crippen molar-refractivity contribution < 1.29 is 38.2 Å². The van der Waals surface area contributed by atoms with Crippen LogP contribution in [0.2, 0.25) is 0 Å². The quantitative estimate of drug-likeness (QED) is 0.204. The third-order valence-corrected chi connectivity index (χ3v) is 6.52. The Bertz CT molecular complexity index is 1220. The lowest BCUT2D eigenvalue weighted by Crippen LogP contribution is -2.75. The Morgan fingerprint density at radius 2 is 1.53 bits per heavy atom. The molecule has 1 aliphatic rings. The summed E-state index contributed by atoms with van der Waals surface area (Å²) in [6.07, 6.45) is -0.0926. The highest BCUT2D eigenvalue weighted by Gasteiger charge is 2.66. The van der Waals surface area contributed by atoms with Gasteiger partial charge in [0.1, 0.15) is 17.2 Å². The first-order valence-electron chi connectivity index (χ1n) is 14.3. The zero-order valence-electron chi connectivity index (χ0n) is 26.3. The molecule has 238 valence electrons. The van der Waals surface area contributed by atoms with E-state index in [-0.39, 0.29) is 25.2 Å². The molecule has 0 spiro atoms. The van der Waals surface area contributed by atoms with Gasteiger partial charge in [-0.2, -0.15) is 0 Å². The third kappa shape index (κ3) is 7.77. The Labute approximate surface area is 252 Å². The molecular formula is C30H45N5O8. The van der Waals surface area contributed by atoms with Crippen LogP contribution in [0.5, 0.6) is 0 Å². The number of anilines is 1. The van der Waals surface area contributed by atoms with Crippen molar-refractivity contribution in [2.75, 3.05) is 18.0 Å². The number of likely N-dealkylation sites (N-methyl/N-ethyl adjacent to an activating group) is 1. The average Bonchev–Trinajstić information content (AvgIpc) is 3.11. The fraction of sp³-hybridized carbons (Fsp3) is 0.600. The highest BCUT2D eigenvalue weighted by molar-refractivity contribution is 6.23. The van der Waals surface area contributed by atoms with E-state index in [1.54, 1.807) is 33.8 Å². The summed E-state index contributed by atoms with van der Waals surface area (Å²) in [6.45, 7) is 12.5. The number of hydrogen-bond donors (Lipinski definition) is 2. The predicted molar refractivity (Wildman–Crippen MR) is 158 cm³/mol. The van der Waals surface area contributed by atoms with Gasteiger partial charge in [0.2, 0.25) is 5.91 Å². The lowest BCUT2D eigenvalue weighted by Gasteiger charge is -2.45. The zero-order valence-corrected chi connectivity index (χ0v) is 26.3. The van der Waals surface area contributed by atoms with Gasteiger partial charge in [-0.3, -0.25) is 24.1 Å². The van der Waals surface area contributed by atoms with E-state index < -0.39 is 70.9 Å². The molecule has 0 bridgehead atoms. The first kappa shape index (κ1) is 35.4. The number of ether oxygens (including phenoxy) is 2. The van der Waals surface area contributed by atoms with E-state index in [2.05, 4.69) is 0 Å². The molecule has 1 fully saturated rings. The largest absolute Gasteiger partial charge is 0.460 e. The number of amides is 4. The molecule has 13 nitrogen and oxygen atoms in total. The average molecular weight is 604 g/mol. The Morgan fingerprint density at radius 3 is 2.00 bits per heavy atom. The van der Waals surface area contributed by atoms with Crippen LogP contribution < -0.4 is 16.4 Å². The van der Waals surface area contributed by atoms with E-state index in [0.717, 1.165) is 6.92 Å². The van der Waals surface area contributed by atoms with Crippen molar-refractivity contribution in [2.24, 2.45) is 11.5 Å². The standard InChI is InChI=1S/C30H45N5O8/c1-9-33-22(16-13-17-31)25(39)35(27(33)41)30(19(2)36,26(40)43-29(6,7)8)34(20-14-11-10-12-15-20)24(38)21(32)18-23(37)42-28(3,4)5/h10-12,14-15,21-22H,9,13,16-18,31-32H2,1-8H3/t21-,22-,30+/m0/s1. The molecule has 0 aromatic heterocycles. The molecule has 0 saturated carbocycles. The maximum Gasteiger partial charge on any atom is 0.363 e. The van der Waals surface area contributed by atoms with Gasteiger partial charge in [-0.05, 0) is 86.9 Å². The van der Waals surface area contributed by atoms with Crippen LogP contribution in [-0.2, 0) is 33.4 Å². The number of urea groups is 1. The van der Waals surface area contributed by atoms with Gasteiger partial charge >= 0.3 is 18.0 Å². The molecule has 2 rings (SSSR count). The summed E-state index contributed by atoms with van der Waals surface area (Å²) in [5.74, 6) is -5.17. The van der Waals surface area contributed by atoms with Crippen LogP contribution in [0.1, 0.15) is 74.7 Å². The van der Waals surface area contributed by atoms with Crippen LogP contribution >= 0.6 is 0 Å². The Hall–Kier alpha value is -3.84. The van der Waals surface area contributed by atoms with E-state index in [4.69, 9.17) is 20.9 Å². The minimum absolute atomic E-state index is 0.0396. The van der Waals surface area contributed by atoms with E-state index in [1.165, 1.54) is 49.9 Å². The molecular weight excluding hydrogens is 558 g/mol. The molecule has 1 aromatic rings. The minimum atomic E-state index is -2.95. The molecule has 4 N–H and O–H groups in total. The van der Waals surface area contributed by atoms with E-state index >= 15 is 0 Å². The van der Waals surface area contributed by atoms with Crippen LogP contribution in [0.25, 0.3) is 0 Å². The van der Waals surface area contributed by atoms with Crippen molar-refractivity contribution in [3.8, 4) is 0 Å². The van der Waals surface area contributed by atoms with Gasteiger partial charge in [-0.25, -0.2) is 14.5 Å². The maximum atomic E-state index is 14.3. The number of Topliss-reactive ketones (excluding diaryl/α,β-unsaturated/α-hetero) is 1. The molecule has 0 radical (unpaired) electrons. The SMILES string of the molecule is CCN1C(=O)N([C@](C(C)=O)(C(=O)OC(C)(C)C)N(C(=O)[C@@H](N)CC(=O)OC(C)(C)C)c2ccccc2)C(=O)[C@@H]1CCCN. The van der Waals surface area contributed by atoms with Gasteiger partial charge in [-0.15, -0.1) is 0 Å². The molecule has 0 aliphatic carbocycles. The second kappa shape index (κ2) is 13.6. The van der Waals surface area contributed by atoms with Crippen molar-refractivity contribution in [2.45, 2.75) is 104 Å². The number of carbonyl (C=O) groups excluding carboxylic acids is 6. The molecule has 1 heterocycles. The number of ketones is 1. The van der Waals surface area contributed by atoms with Gasteiger partial charge in [0.05, 0.1) is 12.5 Å². The summed E-state index contributed by atoms with van der Waals surface area (Å²) in [5.41, 5.74) is 6.84. The second-order valence-corrected chi connectivity index (χ2v) is 12.3. The molecule has 1 saturated heterocycles. The summed E-state index contributed by atoms with van der Waals surface area (Å²) in [7, 11) is 0. The van der Waals surface area contributed by atoms with Crippen molar-refractivity contribution in [1.29, 1.82) is 0 Å². The number of benzene rings is 1. The van der Waals surface area contributed by atoms with Crippen molar-refractivity contribution in [3.63, 3.8) is 0 Å². The minimum Gasteiger partial charge on any atom is -0.460 e. The van der Waals surface area contributed by atoms with Crippen molar-refractivity contribution in [3.05, 3.63) is 30.3 Å². The van der Waals surface area contributed by atoms with Crippen LogP contribution in [0.3, 0.4) is 0 Å². The molecule has 1 aliphatic heterocycles. The number of hydrogen-bond acceptors (Lipinski definition) is 10. The van der Waals surface area contributed by atoms with Gasteiger partial charge in [0.15, 0.2) is 5.78 Å². The number of imide groups is 1. The monoisotopic (exact) mass is 603 g/mol. The maximum absolute atomic E-state index is 14.3. The summed E-state index contributed by atoms with van der Waals surface area (Å²) in [6, 6.07) is 3.86. The number of carbonyl (C=O) groups is 6. The number of nitrogens with zero attached hydrogens (tertiary/aromatic N) is 3. The summed E-state index contributed by atoms with van der Waals surface area (Å²) in [4.78, 5) is 85.7. The highest BCUT2D eigenvalue weighted by Crippen LogP contribution is 2.37. The fourth-order valence-electron chi connectivity index (χ4n) is 4.84. The topological polar surface area (TPSA) is 183 Å². The first-order valence-corrected chi connectivity index (χ1v) is 14.3.